The first-order valence-electron chi connectivity index (χ1n) is 25.8. The van der Waals surface area contributed by atoms with Crippen LogP contribution in [0.1, 0.15) is 252 Å². The summed E-state index contributed by atoms with van der Waals surface area (Å²) in [5.74, 6) is -0.979. The molecule has 0 radical (unpaired) electrons. The molecule has 6 heteroatoms. The van der Waals surface area contributed by atoms with E-state index in [0.717, 1.165) is 64.2 Å². The normalized spacial score (nSPS) is 12.5. The Morgan fingerprint density at radius 3 is 0.984 bits per heavy atom. The average Bonchev–Trinajstić information content (AvgIpc) is 3.26. The van der Waals surface area contributed by atoms with E-state index in [1.165, 1.54) is 141 Å². The molecule has 6 nitrogen and oxygen atoms in total. The lowest BCUT2D eigenvalue weighted by atomic mass is 10.0. The number of carbonyl (C=O) groups excluding carboxylic acids is 3. The second-order valence-corrected chi connectivity index (χ2v) is 17.1. The van der Waals surface area contributed by atoms with Gasteiger partial charge in [0, 0.05) is 19.3 Å². The van der Waals surface area contributed by atoms with E-state index in [0.29, 0.717) is 19.3 Å². The number of esters is 3. The van der Waals surface area contributed by atoms with Gasteiger partial charge in [-0.3, -0.25) is 14.4 Å². The summed E-state index contributed by atoms with van der Waals surface area (Å²) in [5, 5.41) is 0. The molecular formula is C55H96O6. The first kappa shape index (κ1) is 58.1. The fourth-order valence-electron chi connectivity index (χ4n) is 7.13. The lowest BCUT2D eigenvalue weighted by Gasteiger charge is -2.18. The average molecular weight is 853 g/mol. The molecule has 0 heterocycles. The molecule has 0 rings (SSSR count). The summed E-state index contributed by atoms with van der Waals surface area (Å²) in [6.07, 6.45) is 60.7. The maximum Gasteiger partial charge on any atom is 0.306 e. The molecule has 0 unspecified atom stereocenters. The smallest absolute Gasteiger partial charge is 0.306 e. The zero-order valence-electron chi connectivity index (χ0n) is 40.2. The second-order valence-electron chi connectivity index (χ2n) is 17.1. The first-order valence-corrected chi connectivity index (χ1v) is 25.8. The highest BCUT2D eigenvalue weighted by Gasteiger charge is 2.19. The minimum Gasteiger partial charge on any atom is -0.462 e. The van der Waals surface area contributed by atoms with Crippen LogP contribution in [0.2, 0.25) is 0 Å². The van der Waals surface area contributed by atoms with Crippen molar-refractivity contribution in [1.29, 1.82) is 0 Å². The van der Waals surface area contributed by atoms with Gasteiger partial charge in [-0.15, -0.1) is 0 Å². The SMILES string of the molecule is CCCCC/C=C\C/C=C\C/C=C\C/C=C\C/C=C\CCC(=O)O[C@@H](COC(=O)CCCCCCCCCCCCC)COC(=O)CCCCCCCCCCCCCCC. The lowest BCUT2D eigenvalue weighted by molar-refractivity contribution is -0.166. The second kappa shape index (κ2) is 49.8. The van der Waals surface area contributed by atoms with Crippen molar-refractivity contribution in [2.45, 2.75) is 258 Å². The largest absolute Gasteiger partial charge is 0.462 e. The summed E-state index contributed by atoms with van der Waals surface area (Å²) < 4.78 is 16.7. The van der Waals surface area contributed by atoms with E-state index in [2.05, 4.69) is 75.5 Å². The number of unbranched alkanes of at least 4 members (excludes halogenated alkanes) is 25. The molecule has 1 atom stereocenters. The maximum absolute atomic E-state index is 12.8. The number of hydrogen-bond acceptors (Lipinski definition) is 6. The van der Waals surface area contributed by atoms with Crippen molar-refractivity contribution in [2.75, 3.05) is 13.2 Å². The van der Waals surface area contributed by atoms with E-state index in [-0.39, 0.29) is 37.5 Å². The van der Waals surface area contributed by atoms with E-state index in [1.54, 1.807) is 0 Å². The van der Waals surface area contributed by atoms with Crippen molar-refractivity contribution in [3.63, 3.8) is 0 Å². The van der Waals surface area contributed by atoms with Gasteiger partial charge in [-0.2, -0.15) is 0 Å². The third-order valence-corrected chi connectivity index (χ3v) is 11.0. The molecule has 0 saturated carbocycles. The van der Waals surface area contributed by atoms with Crippen molar-refractivity contribution >= 4 is 17.9 Å². The Balaban J connectivity index is 4.47. The molecule has 0 spiro atoms. The Hall–Kier alpha value is -2.89. The van der Waals surface area contributed by atoms with Crippen molar-refractivity contribution in [1.82, 2.24) is 0 Å². The van der Waals surface area contributed by atoms with E-state index in [9.17, 15) is 14.4 Å². The molecule has 0 bridgehead atoms. The molecule has 0 N–H and O–H groups in total. The summed E-state index contributed by atoms with van der Waals surface area (Å²) in [6.45, 7) is 6.55. The molecule has 0 aliphatic rings. The summed E-state index contributed by atoms with van der Waals surface area (Å²) in [4.78, 5) is 37.9. The Morgan fingerprint density at radius 1 is 0.328 bits per heavy atom. The van der Waals surface area contributed by atoms with E-state index < -0.39 is 6.10 Å². The molecule has 352 valence electrons. The van der Waals surface area contributed by atoms with E-state index >= 15 is 0 Å². The van der Waals surface area contributed by atoms with Gasteiger partial charge >= 0.3 is 17.9 Å². The molecule has 0 amide bonds. The zero-order valence-corrected chi connectivity index (χ0v) is 40.2. The van der Waals surface area contributed by atoms with Gasteiger partial charge in [0.2, 0.25) is 0 Å². The van der Waals surface area contributed by atoms with Crippen molar-refractivity contribution in [3.05, 3.63) is 60.8 Å². The van der Waals surface area contributed by atoms with Gasteiger partial charge in [0.05, 0.1) is 0 Å². The highest BCUT2D eigenvalue weighted by molar-refractivity contribution is 5.71. The number of carbonyl (C=O) groups is 3. The Morgan fingerprint density at radius 2 is 0.623 bits per heavy atom. The summed E-state index contributed by atoms with van der Waals surface area (Å²) in [5.41, 5.74) is 0. The molecule has 0 aliphatic heterocycles. The molecule has 0 aliphatic carbocycles. The van der Waals surface area contributed by atoms with Gasteiger partial charge in [0.1, 0.15) is 13.2 Å². The van der Waals surface area contributed by atoms with Crippen molar-refractivity contribution in [2.24, 2.45) is 0 Å². The fraction of sp³-hybridized carbons (Fsp3) is 0.764. The Bertz CT molecular complexity index is 1120. The van der Waals surface area contributed by atoms with Gasteiger partial charge in [0.15, 0.2) is 6.10 Å². The third-order valence-electron chi connectivity index (χ3n) is 11.0. The minimum absolute atomic E-state index is 0.101. The Kier molecular flexibility index (Phi) is 47.4. The number of allylic oxidation sites excluding steroid dienone is 10. The van der Waals surface area contributed by atoms with Gasteiger partial charge in [-0.1, -0.05) is 236 Å². The van der Waals surface area contributed by atoms with Crippen LogP contribution in [0.5, 0.6) is 0 Å². The monoisotopic (exact) mass is 853 g/mol. The summed E-state index contributed by atoms with van der Waals surface area (Å²) >= 11 is 0. The molecule has 0 aromatic rings. The summed E-state index contributed by atoms with van der Waals surface area (Å²) in [7, 11) is 0. The summed E-state index contributed by atoms with van der Waals surface area (Å²) in [6, 6.07) is 0. The van der Waals surface area contributed by atoms with Crippen LogP contribution in [-0.4, -0.2) is 37.2 Å². The molecule has 0 aromatic heterocycles. The maximum atomic E-state index is 12.8. The number of hydrogen-bond donors (Lipinski definition) is 0. The quantitative estimate of drug-likeness (QED) is 0.0263. The molecule has 0 saturated heterocycles. The third kappa shape index (κ3) is 48.0. The predicted octanol–water partition coefficient (Wildman–Crippen LogP) is 16.9. The molecule has 61 heavy (non-hydrogen) atoms. The highest BCUT2D eigenvalue weighted by Crippen LogP contribution is 2.15. The van der Waals surface area contributed by atoms with Crippen LogP contribution in [-0.2, 0) is 28.6 Å². The van der Waals surface area contributed by atoms with Crippen LogP contribution < -0.4 is 0 Å². The standard InChI is InChI=1S/C55H96O6/c1-4-7-10-13-16-19-22-24-25-26-27-28-29-31-34-37-40-43-46-49-55(58)61-52(50-59-53(56)47-44-41-38-35-32-21-18-15-12-9-6-3)51-60-54(57)48-45-42-39-36-33-30-23-20-17-14-11-8-5-2/h16,19,24-25,27-28,31,34,40,43,52H,4-15,17-18,20-23,26,29-30,32-33,35-39,41-42,44-51H2,1-3H3/b19-16-,25-24-,28-27-,34-31-,43-40-/t52-/m0/s1. The fourth-order valence-corrected chi connectivity index (χ4v) is 7.13. The van der Waals surface area contributed by atoms with Crippen LogP contribution in [0, 0.1) is 0 Å². The lowest BCUT2D eigenvalue weighted by Crippen LogP contribution is -2.30. The minimum atomic E-state index is -0.808. The van der Waals surface area contributed by atoms with Crippen molar-refractivity contribution < 1.29 is 28.6 Å². The predicted molar refractivity (Wildman–Crippen MR) is 261 cm³/mol. The van der Waals surface area contributed by atoms with Crippen LogP contribution in [0.4, 0.5) is 0 Å². The molecule has 0 aromatic carbocycles. The van der Waals surface area contributed by atoms with E-state index in [4.69, 9.17) is 14.2 Å². The van der Waals surface area contributed by atoms with Crippen LogP contribution in [0.15, 0.2) is 60.8 Å². The van der Waals surface area contributed by atoms with Gasteiger partial charge in [0.25, 0.3) is 0 Å². The van der Waals surface area contributed by atoms with Crippen LogP contribution in [0.25, 0.3) is 0 Å². The number of rotatable bonds is 46. The topological polar surface area (TPSA) is 78.9 Å². The Labute approximate surface area is 377 Å². The van der Waals surface area contributed by atoms with E-state index in [1.807, 2.05) is 6.08 Å². The molecular weight excluding hydrogens is 757 g/mol. The first-order chi connectivity index (χ1) is 30.0. The van der Waals surface area contributed by atoms with Crippen LogP contribution >= 0.6 is 0 Å². The zero-order chi connectivity index (χ0) is 44.4. The van der Waals surface area contributed by atoms with Crippen molar-refractivity contribution in [3.8, 4) is 0 Å². The molecule has 0 fully saturated rings. The van der Waals surface area contributed by atoms with Gasteiger partial charge < -0.3 is 14.2 Å². The highest BCUT2D eigenvalue weighted by atomic mass is 16.6. The van der Waals surface area contributed by atoms with Gasteiger partial charge in [-0.25, -0.2) is 0 Å². The van der Waals surface area contributed by atoms with Crippen LogP contribution in [0.3, 0.4) is 0 Å². The van der Waals surface area contributed by atoms with Gasteiger partial charge in [-0.05, 0) is 57.8 Å². The number of ether oxygens (including phenoxy) is 3.